The minimum atomic E-state index is -0.388. The van der Waals surface area contributed by atoms with Gasteiger partial charge >= 0.3 is 0 Å². The van der Waals surface area contributed by atoms with Gasteiger partial charge in [0.15, 0.2) is 5.78 Å². The van der Waals surface area contributed by atoms with E-state index in [9.17, 15) is 9.59 Å². The molecule has 1 amide bonds. The zero-order valence-electron chi connectivity index (χ0n) is 18.7. The van der Waals surface area contributed by atoms with E-state index in [4.69, 9.17) is 4.74 Å². The van der Waals surface area contributed by atoms with E-state index in [1.165, 1.54) is 0 Å². The van der Waals surface area contributed by atoms with E-state index in [2.05, 4.69) is 15.7 Å². The molecule has 1 atom stereocenters. The van der Waals surface area contributed by atoms with E-state index in [0.717, 1.165) is 46.7 Å². The Balaban J connectivity index is 1.53. The second kappa shape index (κ2) is 8.58. The van der Waals surface area contributed by atoms with Crippen molar-refractivity contribution in [3.05, 3.63) is 82.7 Å². The summed E-state index contributed by atoms with van der Waals surface area (Å²) >= 11 is 0. The summed E-state index contributed by atoms with van der Waals surface area (Å²) in [6.07, 6.45) is 3.64. The number of aromatic nitrogens is 2. The number of nitrogens with one attached hydrogen (secondary N) is 2. The molecule has 3 aromatic rings. The van der Waals surface area contributed by atoms with Crippen molar-refractivity contribution < 1.29 is 14.3 Å². The third-order valence-electron chi connectivity index (χ3n) is 6.10. The van der Waals surface area contributed by atoms with Gasteiger partial charge < -0.3 is 15.4 Å². The van der Waals surface area contributed by atoms with E-state index >= 15 is 0 Å². The number of benzene rings is 2. The van der Waals surface area contributed by atoms with Crippen molar-refractivity contribution in [2.45, 2.75) is 39.2 Å². The Morgan fingerprint density at radius 3 is 2.64 bits per heavy atom. The summed E-state index contributed by atoms with van der Waals surface area (Å²) in [5.74, 6) is 1.25. The summed E-state index contributed by atoms with van der Waals surface area (Å²) in [5, 5.41) is 10.9. The van der Waals surface area contributed by atoms with Crippen molar-refractivity contribution in [3.63, 3.8) is 0 Å². The van der Waals surface area contributed by atoms with Gasteiger partial charge in [-0.15, -0.1) is 0 Å². The standard InChI is InChI=1S/C26H26N4O3/c1-3-33-19-13-9-17(10-14-19)24-23-21(5-4-6-22(23)31)29-25-20(15-27-30(24)25)26(32)28-18-11-7-16(2)8-12-18/h7-15,24,29H,3-6H2,1-2H3,(H,28,32). The molecule has 0 radical (unpaired) electrons. The number of fused-ring (bicyclic) bond motifs is 1. The topological polar surface area (TPSA) is 85.2 Å². The van der Waals surface area contributed by atoms with E-state index in [-0.39, 0.29) is 17.7 Å². The SMILES string of the molecule is CCOc1ccc(C2C3=C(CCCC3=O)Nc3c(C(=O)Nc4ccc(C)cc4)cnn32)cc1. The molecule has 0 saturated carbocycles. The zero-order chi connectivity index (χ0) is 22.9. The van der Waals surface area contributed by atoms with Crippen molar-refractivity contribution in [3.8, 4) is 5.75 Å². The predicted octanol–water partition coefficient (Wildman–Crippen LogP) is 4.86. The van der Waals surface area contributed by atoms with Crippen LogP contribution < -0.4 is 15.4 Å². The zero-order valence-corrected chi connectivity index (χ0v) is 18.7. The number of aryl methyl sites for hydroxylation is 1. The first-order valence-corrected chi connectivity index (χ1v) is 11.3. The van der Waals surface area contributed by atoms with Crippen LogP contribution >= 0.6 is 0 Å². The Kier molecular flexibility index (Phi) is 5.46. The van der Waals surface area contributed by atoms with Gasteiger partial charge in [-0.3, -0.25) is 9.59 Å². The third-order valence-corrected chi connectivity index (χ3v) is 6.10. The highest BCUT2D eigenvalue weighted by atomic mass is 16.5. The van der Waals surface area contributed by atoms with Gasteiger partial charge in [0.1, 0.15) is 23.2 Å². The highest BCUT2D eigenvalue weighted by molar-refractivity contribution is 6.08. The number of allylic oxidation sites excluding steroid dienone is 2. The molecule has 33 heavy (non-hydrogen) atoms. The fourth-order valence-electron chi connectivity index (χ4n) is 4.48. The number of hydrogen-bond acceptors (Lipinski definition) is 5. The Bertz CT molecular complexity index is 1240. The van der Waals surface area contributed by atoms with Gasteiger partial charge in [0.2, 0.25) is 0 Å². The molecule has 168 valence electrons. The lowest BCUT2D eigenvalue weighted by molar-refractivity contribution is -0.116. The lowest BCUT2D eigenvalue weighted by Crippen LogP contribution is -2.32. The number of rotatable bonds is 5. The molecule has 2 heterocycles. The quantitative estimate of drug-likeness (QED) is 0.589. The number of hydrogen-bond donors (Lipinski definition) is 2. The Morgan fingerprint density at radius 2 is 1.91 bits per heavy atom. The molecule has 0 bridgehead atoms. The average Bonchev–Trinajstić information content (AvgIpc) is 3.24. The molecule has 0 fully saturated rings. The molecular formula is C26H26N4O3. The van der Waals surface area contributed by atoms with Gasteiger partial charge in [-0.1, -0.05) is 29.8 Å². The number of amides is 1. The van der Waals surface area contributed by atoms with Crippen LogP contribution in [0.1, 0.15) is 53.7 Å². The Morgan fingerprint density at radius 1 is 1.15 bits per heavy atom. The molecule has 2 N–H and O–H groups in total. The van der Waals surface area contributed by atoms with Crippen LogP contribution in [-0.2, 0) is 4.79 Å². The number of carbonyl (C=O) groups excluding carboxylic acids is 2. The predicted molar refractivity (Wildman–Crippen MR) is 127 cm³/mol. The monoisotopic (exact) mass is 442 g/mol. The third kappa shape index (κ3) is 3.91. The molecule has 0 saturated heterocycles. The summed E-state index contributed by atoms with van der Waals surface area (Å²) in [4.78, 5) is 26.1. The number of ether oxygens (including phenoxy) is 1. The average molecular weight is 443 g/mol. The molecule has 1 unspecified atom stereocenters. The van der Waals surface area contributed by atoms with Gasteiger partial charge in [0.25, 0.3) is 5.91 Å². The van der Waals surface area contributed by atoms with Crippen molar-refractivity contribution in [2.24, 2.45) is 0 Å². The first kappa shape index (κ1) is 21.0. The molecule has 1 aliphatic carbocycles. The van der Waals surface area contributed by atoms with Crippen LogP contribution in [0.3, 0.4) is 0 Å². The van der Waals surface area contributed by atoms with Crippen LogP contribution in [0.5, 0.6) is 5.75 Å². The summed E-state index contributed by atoms with van der Waals surface area (Å²) in [7, 11) is 0. The molecule has 2 aromatic carbocycles. The molecular weight excluding hydrogens is 416 g/mol. The molecule has 7 nitrogen and oxygen atoms in total. The van der Waals surface area contributed by atoms with E-state index in [0.29, 0.717) is 24.4 Å². The van der Waals surface area contributed by atoms with Gasteiger partial charge in [-0.2, -0.15) is 5.10 Å². The van der Waals surface area contributed by atoms with Gasteiger partial charge in [-0.05, 0) is 56.5 Å². The maximum absolute atomic E-state index is 13.1. The fourth-order valence-corrected chi connectivity index (χ4v) is 4.48. The van der Waals surface area contributed by atoms with Crippen molar-refractivity contribution in [1.82, 2.24) is 9.78 Å². The van der Waals surface area contributed by atoms with Gasteiger partial charge in [-0.25, -0.2) is 4.68 Å². The maximum atomic E-state index is 13.1. The van der Waals surface area contributed by atoms with Crippen LogP contribution in [0.4, 0.5) is 11.5 Å². The van der Waals surface area contributed by atoms with E-state index in [1.807, 2.05) is 62.4 Å². The Labute approximate surface area is 192 Å². The highest BCUT2D eigenvalue weighted by Crippen LogP contribution is 2.41. The second-order valence-corrected chi connectivity index (χ2v) is 8.37. The van der Waals surface area contributed by atoms with Gasteiger partial charge in [0.05, 0.1) is 12.8 Å². The van der Waals surface area contributed by atoms with Crippen LogP contribution in [0.2, 0.25) is 0 Å². The number of Topliss-reactive ketones (excluding diaryl/α,β-unsaturated/α-hetero) is 1. The van der Waals surface area contributed by atoms with Crippen molar-refractivity contribution in [2.75, 3.05) is 17.2 Å². The smallest absolute Gasteiger partial charge is 0.261 e. The second-order valence-electron chi connectivity index (χ2n) is 8.37. The van der Waals surface area contributed by atoms with Crippen molar-refractivity contribution >= 4 is 23.2 Å². The first-order valence-electron chi connectivity index (χ1n) is 11.3. The summed E-state index contributed by atoms with van der Waals surface area (Å²) in [6.45, 7) is 4.53. The molecule has 1 aromatic heterocycles. The minimum absolute atomic E-state index is 0.120. The molecule has 2 aliphatic rings. The van der Waals surface area contributed by atoms with Crippen LogP contribution in [0.15, 0.2) is 66.0 Å². The first-order chi connectivity index (χ1) is 16.0. The number of anilines is 2. The van der Waals surface area contributed by atoms with Gasteiger partial charge in [0, 0.05) is 23.4 Å². The lowest BCUT2D eigenvalue weighted by Gasteiger charge is -2.33. The van der Waals surface area contributed by atoms with E-state index < -0.39 is 0 Å². The molecule has 5 rings (SSSR count). The normalized spacial score (nSPS) is 17.2. The highest BCUT2D eigenvalue weighted by Gasteiger charge is 2.37. The molecule has 7 heteroatoms. The number of carbonyl (C=O) groups is 2. The summed E-state index contributed by atoms with van der Waals surface area (Å²) in [5.41, 5.74) is 4.82. The lowest BCUT2D eigenvalue weighted by atomic mass is 9.85. The van der Waals surface area contributed by atoms with E-state index in [1.54, 1.807) is 10.9 Å². The summed E-state index contributed by atoms with van der Waals surface area (Å²) in [6, 6.07) is 15.0. The number of nitrogens with zero attached hydrogens (tertiary/aromatic N) is 2. The fraction of sp³-hybridized carbons (Fsp3) is 0.269. The number of ketones is 1. The molecule has 1 aliphatic heterocycles. The van der Waals surface area contributed by atoms with Crippen molar-refractivity contribution in [1.29, 1.82) is 0 Å². The Hall–Kier alpha value is -3.87. The van der Waals surface area contributed by atoms with Crippen LogP contribution in [-0.4, -0.2) is 28.1 Å². The largest absolute Gasteiger partial charge is 0.494 e. The molecule has 0 spiro atoms. The summed E-state index contributed by atoms with van der Waals surface area (Å²) < 4.78 is 7.33. The van der Waals surface area contributed by atoms with Crippen LogP contribution in [0, 0.1) is 6.92 Å². The maximum Gasteiger partial charge on any atom is 0.261 e. The van der Waals surface area contributed by atoms with Crippen LogP contribution in [0.25, 0.3) is 0 Å². The minimum Gasteiger partial charge on any atom is -0.494 e.